The summed E-state index contributed by atoms with van der Waals surface area (Å²) in [4.78, 5) is 2.23. The number of hydrazine groups is 1. The van der Waals surface area contributed by atoms with E-state index in [1.807, 2.05) is 36.4 Å². The van der Waals surface area contributed by atoms with Crippen LogP contribution in [0.3, 0.4) is 0 Å². The molecule has 0 atom stereocenters. The molecule has 0 amide bonds. The zero-order chi connectivity index (χ0) is 17.5. The average molecular weight is 351 g/mol. The highest BCUT2D eigenvalue weighted by Gasteiger charge is 2.33. The molecule has 0 heterocycles. The van der Waals surface area contributed by atoms with E-state index in [1.165, 1.54) is 14.2 Å². The summed E-state index contributed by atoms with van der Waals surface area (Å²) in [5.74, 6) is -1.44. The molecule has 0 aliphatic carbocycles. The van der Waals surface area contributed by atoms with E-state index in [0.29, 0.717) is 5.56 Å². The minimum atomic E-state index is -3.81. The number of nitrogens with one attached hydrogen (secondary N) is 3. The smallest absolute Gasteiger partial charge is 0.290 e. The van der Waals surface area contributed by atoms with Crippen LogP contribution in [-0.4, -0.2) is 22.6 Å². The van der Waals surface area contributed by atoms with Gasteiger partial charge in [0.15, 0.2) is 0 Å². The second-order valence-corrected chi connectivity index (χ2v) is 6.43. The molecule has 130 valence electrons. The van der Waals surface area contributed by atoms with Gasteiger partial charge in [0, 0.05) is 26.3 Å². The molecular weight excluding hydrogens is 330 g/mol. The largest absolute Gasteiger partial charge is 0.336 e. The van der Waals surface area contributed by atoms with Gasteiger partial charge in [0.05, 0.1) is 0 Å². The quantitative estimate of drug-likeness (QED) is 0.467. The highest BCUT2D eigenvalue weighted by Crippen LogP contribution is 2.21. The summed E-state index contributed by atoms with van der Waals surface area (Å²) in [6.07, 6.45) is 0. The Morgan fingerprint density at radius 1 is 0.917 bits per heavy atom. The highest BCUT2D eigenvalue weighted by atomic mass is 32.2. The molecule has 0 aliphatic heterocycles. The number of methoxy groups -OCH3 is 2. The van der Waals surface area contributed by atoms with Crippen LogP contribution >= 0.6 is 0 Å². The third-order valence-electron chi connectivity index (χ3n) is 3.39. The molecule has 0 aliphatic rings. The molecule has 3 N–H and O–H groups in total. The Bertz CT molecular complexity index is 720. The summed E-state index contributed by atoms with van der Waals surface area (Å²) in [6.45, 7) is 0.163. The van der Waals surface area contributed by atoms with Crippen molar-refractivity contribution in [3.8, 4) is 0 Å². The lowest BCUT2D eigenvalue weighted by molar-refractivity contribution is -0.241. The van der Waals surface area contributed by atoms with Crippen LogP contribution in [0.5, 0.6) is 0 Å². The van der Waals surface area contributed by atoms with Crippen LogP contribution in [0.1, 0.15) is 11.1 Å². The van der Waals surface area contributed by atoms with Crippen molar-refractivity contribution in [1.29, 1.82) is 0 Å². The van der Waals surface area contributed by atoms with Crippen molar-refractivity contribution in [2.24, 2.45) is 0 Å². The number of hydrogen-bond donors (Lipinski definition) is 3. The molecule has 0 bridgehead atoms. The Balaban J connectivity index is 2.03. The van der Waals surface area contributed by atoms with Crippen molar-refractivity contribution >= 4 is 10.2 Å². The topological polar surface area (TPSA) is 88.7 Å². The Morgan fingerprint density at radius 3 is 2.00 bits per heavy atom. The monoisotopic (exact) mass is 351 g/mol. The zero-order valence-electron chi connectivity index (χ0n) is 13.5. The summed E-state index contributed by atoms with van der Waals surface area (Å²) >= 11 is 0. The predicted molar refractivity (Wildman–Crippen MR) is 90.6 cm³/mol. The minimum Gasteiger partial charge on any atom is -0.336 e. The maximum Gasteiger partial charge on any atom is 0.290 e. The van der Waals surface area contributed by atoms with Gasteiger partial charge in [-0.15, -0.1) is 4.83 Å². The minimum absolute atomic E-state index is 0.163. The van der Waals surface area contributed by atoms with Crippen molar-refractivity contribution in [1.82, 2.24) is 15.0 Å². The van der Waals surface area contributed by atoms with Crippen molar-refractivity contribution in [3.63, 3.8) is 0 Å². The Labute approximate surface area is 142 Å². The summed E-state index contributed by atoms with van der Waals surface area (Å²) in [6, 6.07) is 18.1. The molecule has 0 saturated carbocycles. The molecule has 2 aromatic carbocycles. The van der Waals surface area contributed by atoms with Gasteiger partial charge in [0.25, 0.3) is 16.1 Å². The van der Waals surface area contributed by atoms with E-state index in [9.17, 15) is 8.42 Å². The lowest BCUT2D eigenvalue weighted by atomic mass is 10.1. The molecular formula is C16H21N3O4S. The standard InChI is InChI=1S/C16H21N3O4S/c1-22-16(23-2,15-11-7-4-8-12-15)18-19-24(20,21)17-13-14-9-5-3-6-10-14/h3-12,17-19H,13H2,1-2H3. The van der Waals surface area contributed by atoms with Crippen molar-refractivity contribution in [2.75, 3.05) is 14.2 Å². The van der Waals surface area contributed by atoms with Gasteiger partial charge in [-0.1, -0.05) is 60.7 Å². The molecule has 0 saturated heterocycles. The number of benzene rings is 2. The number of hydrogen-bond acceptors (Lipinski definition) is 5. The molecule has 0 radical (unpaired) electrons. The first kappa shape index (κ1) is 18.5. The maximum absolute atomic E-state index is 12.1. The fourth-order valence-electron chi connectivity index (χ4n) is 2.10. The maximum atomic E-state index is 12.1. The van der Waals surface area contributed by atoms with Crippen LogP contribution in [0.4, 0.5) is 0 Å². The highest BCUT2D eigenvalue weighted by molar-refractivity contribution is 7.87. The molecule has 2 aromatic rings. The zero-order valence-corrected chi connectivity index (χ0v) is 14.3. The van der Waals surface area contributed by atoms with E-state index < -0.39 is 16.1 Å². The Morgan fingerprint density at radius 2 is 1.46 bits per heavy atom. The van der Waals surface area contributed by atoms with Gasteiger partial charge >= 0.3 is 0 Å². The van der Waals surface area contributed by atoms with E-state index in [2.05, 4.69) is 15.0 Å². The van der Waals surface area contributed by atoms with Gasteiger partial charge in [-0.05, 0) is 5.56 Å². The lowest BCUT2D eigenvalue weighted by Gasteiger charge is -2.31. The van der Waals surface area contributed by atoms with Gasteiger partial charge in [0.1, 0.15) is 0 Å². The van der Waals surface area contributed by atoms with Gasteiger partial charge in [-0.3, -0.25) is 0 Å². The number of ether oxygens (including phenoxy) is 2. The summed E-state index contributed by atoms with van der Waals surface area (Å²) in [5, 5.41) is 0. The fourth-order valence-corrected chi connectivity index (χ4v) is 2.79. The third-order valence-corrected chi connectivity index (χ3v) is 4.28. The summed E-state index contributed by atoms with van der Waals surface area (Å²) < 4.78 is 37.4. The van der Waals surface area contributed by atoms with Crippen LogP contribution < -0.4 is 15.0 Å². The van der Waals surface area contributed by atoms with Crippen LogP contribution in [0.15, 0.2) is 60.7 Å². The van der Waals surface area contributed by atoms with Gasteiger partial charge in [-0.25, -0.2) is 0 Å². The van der Waals surface area contributed by atoms with Crippen LogP contribution in [0.25, 0.3) is 0 Å². The molecule has 7 nitrogen and oxygen atoms in total. The summed E-state index contributed by atoms with van der Waals surface area (Å²) in [5.41, 5.74) is 4.04. The van der Waals surface area contributed by atoms with Gasteiger partial charge < -0.3 is 9.47 Å². The molecule has 8 heteroatoms. The van der Waals surface area contributed by atoms with Crippen LogP contribution in [0.2, 0.25) is 0 Å². The third kappa shape index (κ3) is 4.84. The lowest BCUT2D eigenvalue weighted by Crippen LogP contribution is -2.56. The second kappa shape index (κ2) is 8.34. The Hall–Kier alpha value is -1.81. The van der Waals surface area contributed by atoms with Crippen LogP contribution in [0, 0.1) is 0 Å². The van der Waals surface area contributed by atoms with Crippen LogP contribution in [-0.2, 0) is 32.1 Å². The van der Waals surface area contributed by atoms with Crippen molar-refractivity contribution < 1.29 is 17.9 Å². The average Bonchev–Trinajstić information content (AvgIpc) is 2.63. The SMILES string of the molecule is COC(NNS(=O)(=O)NCc1ccccc1)(OC)c1ccccc1. The van der Waals surface area contributed by atoms with E-state index in [-0.39, 0.29) is 6.54 Å². The number of rotatable bonds is 9. The first-order valence-corrected chi connectivity index (χ1v) is 8.73. The molecule has 0 aromatic heterocycles. The van der Waals surface area contributed by atoms with Gasteiger partial charge in [-0.2, -0.15) is 18.6 Å². The Kier molecular flexibility index (Phi) is 6.44. The molecule has 0 fully saturated rings. The van der Waals surface area contributed by atoms with Gasteiger partial charge in [0.2, 0.25) is 0 Å². The van der Waals surface area contributed by atoms with E-state index in [0.717, 1.165) is 5.56 Å². The molecule has 0 unspecified atom stereocenters. The molecule has 2 rings (SSSR count). The predicted octanol–water partition coefficient (Wildman–Crippen LogP) is 1.22. The molecule has 24 heavy (non-hydrogen) atoms. The van der Waals surface area contributed by atoms with Crippen molar-refractivity contribution in [2.45, 2.75) is 12.5 Å². The summed E-state index contributed by atoms with van der Waals surface area (Å²) in [7, 11) is -0.988. The van der Waals surface area contributed by atoms with E-state index in [4.69, 9.17) is 9.47 Å². The van der Waals surface area contributed by atoms with Crippen molar-refractivity contribution in [3.05, 3.63) is 71.8 Å². The van der Waals surface area contributed by atoms with E-state index >= 15 is 0 Å². The first-order chi connectivity index (χ1) is 11.5. The normalized spacial score (nSPS) is 12.2. The molecule has 0 spiro atoms. The van der Waals surface area contributed by atoms with E-state index in [1.54, 1.807) is 24.3 Å². The second-order valence-electron chi connectivity index (χ2n) is 4.93. The fraction of sp³-hybridized carbons (Fsp3) is 0.250. The first-order valence-electron chi connectivity index (χ1n) is 7.24.